The molecule has 0 aromatic heterocycles. The fourth-order valence-corrected chi connectivity index (χ4v) is 1.98. The van der Waals surface area contributed by atoms with Gasteiger partial charge in [-0.15, -0.1) is 0 Å². The molecule has 17 heavy (non-hydrogen) atoms. The highest BCUT2D eigenvalue weighted by atomic mass is 16.5. The molecule has 0 radical (unpaired) electrons. The van der Waals surface area contributed by atoms with Gasteiger partial charge in [-0.2, -0.15) is 0 Å². The number of fused-ring (bicyclic) bond motifs is 1. The minimum Gasteiger partial charge on any atom is -0.532 e. The van der Waals surface area contributed by atoms with Crippen LogP contribution >= 0.6 is 0 Å². The van der Waals surface area contributed by atoms with Gasteiger partial charge in [0.25, 0.3) is 0 Å². The zero-order chi connectivity index (χ0) is 11.7. The van der Waals surface area contributed by atoms with Crippen LogP contribution in [0.5, 0.6) is 0 Å². The summed E-state index contributed by atoms with van der Waals surface area (Å²) in [6.45, 7) is 0. The van der Waals surface area contributed by atoms with Crippen LogP contribution in [0.2, 0.25) is 0 Å². The van der Waals surface area contributed by atoms with E-state index >= 15 is 0 Å². The second-order valence-corrected chi connectivity index (χ2v) is 3.97. The minimum absolute atomic E-state index is 0.705. The second-order valence-electron chi connectivity index (χ2n) is 3.97. The molecule has 2 nitrogen and oxygen atoms in total. The van der Waals surface area contributed by atoms with E-state index in [2.05, 4.69) is 0 Å². The van der Waals surface area contributed by atoms with E-state index in [1.165, 1.54) is 0 Å². The SMILES string of the molecule is OB1OC(c2ccccc2)=Cc2ccccc21. The predicted molar refractivity (Wildman–Crippen MR) is 69.4 cm³/mol. The van der Waals surface area contributed by atoms with Crippen molar-refractivity contribution < 1.29 is 9.68 Å². The Morgan fingerprint density at radius 1 is 0.882 bits per heavy atom. The largest absolute Gasteiger partial charge is 0.560 e. The smallest absolute Gasteiger partial charge is 0.532 e. The molecule has 0 saturated carbocycles. The minimum atomic E-state index is -0.883. The number of hydrogen-bond acceptors (Lipinski definition) is 2. The van der Waals surface area contributed by atoms with Crippen LogP contribution in [0.1, 0.15) is 11.1 Å². The molecule has 0 unspecified atom stereocenters. The summed E-state index contributed by atoms with van der Waals surface area (Å²) >= 11 is 0. The van der Waals surface area contributed by atoms with E-state index in [-0.39, 0.29) is 0 Å². The van der Waals surface area contributed by atoms with Crippen LogP contribution < -0.4 is 5.46 Å². The molecule has 2 aromatic carbocycles. The van der Waals surface area contributed by atoms with E-state index in [4.69, 9.17) is 4.65 Å². The summed E-state index contributed by atoms with van der Waals surface area (Å²) in [6.07, 6.45) is 1.96. The maximum absolute atomic E-state index is 9.93. The summed E-state index contributed by atoms with van der Waals surface area (Å²) in [5, 5.41) is 9.93. The average Bonchev–Trinajstić information content (AvgIpc) is 2.40. The molecule has 82 valence electrons. The summed E-state index contributed by atoms with van der Waals surface area (Å²) in [5.74, 6) is 0.705. The van der Waals surface area contributed by atoms with Gasteiger partial charge in [-0.25, -0.2) is 0 Å². The van der Waals surface area contributed by atoms with Gasteiger partial charge in [0.2, 0.25) is 0 Å². The van der Waals surface area contributed by atoms with E-state index in [1.807, 2.05) is 60.7 Å². The third-order valence-electron chi connectivity index (χ3n) is 2.85. The van der Waals surface area contributed by atoms with Gasteiger partial charge in [-0.3, -0.25) is 0 Å². The first kappa shape index (κ1) is 10.2. The highest BCUT2D eigenvalue weighted by molar-refractivity contribution is 6.62. The molecule has 0 bridgehead atoms. The molecule has 0 atom stereocenters. The maximum atomic E-state index is 9.93. The molecule has 0 amide bonds. The highest BCUT2D eigenvalue weighted by Gasteiger charge is 2.26. The topological polar surface area (TPSA) is 29.5 Å². The van der Waals surface area contributed by atoms with Gasteiger partial charge in [0, 0.05) is 11.0 Å². The van der Waals surface area contributed by atoms with Crippen LogP contribution in [0, 0.1) is 0 Å². The first-order valence-electron chi connectivity index (χ1n) is 5.55. The fourth-order valence-electron chi connectivity index (χ4n) is 1.98. The Labute approximate surface area is 100 Å². The lowest BCUT2D eigenvalue weighted by Gasteiger charge is -2.20. The van der Waals surface area contributed by atoms with Crippen molar-refractivity contribution in [2.45, 2.75) is 0 Å². The molecule has 1 aliphatic heterocycles. The van der Waals surface area contributed by atoms with Crippen LogP contribution in [0.4, 0.5) is 0 Å². The van der Waals surface area contributed by atoms with Crippen molar-refractivity contribution in [2.24, 2.45) is 0 Å². The zero-order valence-electron chi connectivity index (χ0n) is 9.21. The summed E-state index contributed by atoms with van der Waals surface area (Å²) in [4.78, 5) is 0. The maximum Gasteiger partial charge on any atom is 0.560 e. The highest BCUT2D eigenvalue weighted by Crippen LogP contribution is 2.23. The first-order valence-corrected chi connectivity index (χ1v) is 5.55. The van der Waals surface area contributed by atoms with Crippen LogP contribution in [-0.2, 0) is 4.65 Å². The van der Waals surface area contributed by atoms with E-state index in [1.54, 1.807) is 0 Å². The lowest BCUT2D eigenvalue weighted by Crippen LogP contribution is -2.37. The molecule has 3 rings (SSSR count). The molecule has 0 fully saturated rings. The Bertz CT molecular complexity index is 563. The monoisotopic (exact) mass is 222 g/mol. The lowest BCUT2D eigenvalue weighted by atomic mass is 9.74. The summed E-state index contributed by atoms with van der Waals surface area (Å²) in [6, 6.07) is 17.5. The summed E-state index contributed by atoms with van der Waals surface area (Å²) < 4.78 is 5.52. The number of hydrogen-bond donors (Lipinski definition) is 1. The molecular weight excluding hydrogens is 211 g/mol. The van der Waals surface area contributed by atoms with Gasteiger partial charge in [0.1, 0.15) is 5.76 Å². The van der Waals surface area contributed by atoms with Gasteiger partial charge in [0.05, 0.1) is 0 Å². The molecule has 1 heterocycles. The molecule has 3 heteroatoms. The van der Waals surface area contributed by atoms with Crippen LogP contribution in [0.15, 0.2) is 54.6 Å². The Morgan fingerprint density at radius 2 is 1.59 bits per heavy atom. The molecule has 0 saturated heterocycles. The third-order valence-corrected chi connectivity index (χ3v) is 2.85. The van der Waals surface area contributed by atoms with E-state index in [9.17, 15) is 5.02 Å². The second kappa shape index (κ2) is 4.11. The number of benzene rings is 2. The van der Waals surface area contributed by atoms with Gasteiger partial charge in [-0.05, 0) is 11.6 Å². The quantitative estimate of drug-likeness (QED) is 0.746. The van der Waals surface area contributed by atoms with Gasteiger partial charge >= 0.3 is 7.12 Å². The van der Waals surface area contributed by atoms with Crippen LogP contribution in [-0.4, -0.2) is 12.1 Å². The van der Waals surface area contributed by atoms with Crippen LogP contribution in [0.25, 0.3) is 11.8 Å². The van der Waals surface area contributed by atoms with Crippen molar-refractivity contribution in [1.29, 1.82) is 0 Å². The van der Waals surface area contributed by atoms with E-state index in [0.29, 0.717) is 5.76 Å². The van der Waals surface area contributed by atoms with Crippen molar-refractivity contribution in [3.05, 3.63) is 65.7 Å². The standard InChI is InChI=1S/C14H11BO2/c16-15-13-9-5-4-8-12(13)10-14(17-15)11-6-2-1-3-7-11/h1-10,16H. The van der Waals surface area contributed by atoms with Crippen LogP contribution in [0.3, 0.4) is 0 Å². The van der Waals surface area contributed by atoms with E-state index < -0.39 is 7.12 Å². The Kier molecular flexibility index (Phi) is 2.46. The molecule has 2 aromatic rings. The predicted octanol–water partition coefficient (Wildman–Crippen LogP) is 1.90. The Morgan fingerprint density at radius 3 is 2.41 bits per heavy atom. The third kappa shape index (κ3) is 1.85. The zero-order valence-corrected chi connectivity index (χ0v) is 9.21. The van der Waals surface area contributed by atoms with E-state index in [0.717, 1.165) is 16.6 Å². The Balaban J connectivity index is 2.08. The molecular formula is C14H11BO2. The van der Waals surface area contributed by atoms with Crippen molar-refractivity contribution in [1.82, 2.24) is 0 Å². The Hall–Kier alpha value is -2.00. The van der Waals surface area contributed by atoms with Gasteiger partial charge < -0.3 is 9.68 Å². The van der Waals surface area contributed by atoms with Crippen molar-refractivity contribution >= 4 is 24.4 Å². The average molecular weight is 222 g/mol. The molecule has 0 spiro atoms. The normalized spacial score (nSPS) is 13.7. The van der Waals surface area contributed by atoms with Crippen molar-refractivity contribution in [3.8, 4) is 0 Å². The molecule has 1 N–H and O–H groups in total. The molecule has 1 aliphatic rings. The summed E-state index contributed by atoms with van der Waals surface area (Å²) in [5.41, 5.74) is 2.79. The molecule has 0 aliphatic carbocycles. The number of rotatable bonds is 1. The lowest BCUT2D eigenvalue weighted by molar-refractivity contribution is 0.406. The summed E-state index contributed by atoms with van der Waals surface area (Å²) in [7, 11) is -0.883. The van der Waals surface area contributed by atoms with Crippen molar-refractivity contribution in [2.75, 3.05) is 0 Å². The first-order chi connectivity index (χ1) is 8.34. The van der Waals surface area contributed by atoms with Gasteiger partial charge in [-0.1, -0.05) is 54.6 Å². The van der Waals surface area contributed by atoms with Crippen molar-refractivity contribution in [3.63, 3.8) is 0 Å². The fraction of sp³-hybridized carbons (Fsp3) is 0. The van der Waals surface area contributed by atoms with Gasteiger partial charge in [0.15, 0.2) is 0 Å².